The Morgan fingerprint density at radius 1 is 1.10 bits per heavy atom. The number of nitrogens with zero attached hydrogens (tertiary/aromatic N) is 1. The van der Waals surface area contributed by atoms with Crippen molar-refractivity contribution in [1.82, 2.24) is 5.32 Å². The first kappa shape index (κ1) is 29.3. The van der Waals surface area contributed by atoms with E-state index in [4.69, 9.17) is 9.47 Å². The van der Waals surface area contributed by atoms with Gasteiger partial charge in [-0.2, -0.15) is 26.3 Å². The SMILES string of the molecule is COc1cc(C=O)ccc1Nc1cc2c3c(c1)[C@@H]1CNCC[C@@H]1N3CCOC2.O=C(C(=O)C(F)(F)F)C(F)(F)F. The molecule has 1 fully saturated rings. The maximum Gasteiger partial charge on any atom is 0.458 e. The third kappa shape index (κ3) is 6.07. The topological polar surface area (TPSA) is 97.0 Å². The van der Waals surface area contributed by atoms with Crippen molar-refractivity contribution in [3.63, 3.8) is 0 Å². The molecule has 3 aliphatic heterocycles. The highest BCUT2D eigenvalue weighted by atomic mass is 19.4. The number of benzene rings is 2. The molecule has 0 aromatic heterocycles. The van der Waals surface area contributed by atoms with E-state index >= 15 is 0 Å². The smallest absolute Gasteiger partial charge is 0.458 e. The highest BCUT2D eigenvalue weighted by molar-refractivity contribution is 6.41. The van der Waals surface area contributed by atoms with Crippen LogP contribution in [0, 0.1) is 0 Å². The lowest BCUT2D eigenvalue weighted by molar-refractivity contribution is -0.193. The number of aldehydes is 1. The van der Waals surface area contributed by atoms with Crippen molar-refractivity contribution in [2.45, 2.75) is 37.3 Å². The summed E-state index contributed by atoms with van der Waals surface area (Å²) >= 11 is 0. The number of carbonyl (C=O) groups is 3. The minimum absolute atomic E-state index is 0.515. The van der Waals surface area contributed by atoms with Crippen molar-refractivity contribution in [3.05, 3.63) is 47.0 Å². The van der Waals surface area contributed by atoms with Crippen molar-refractivity contribution >= 4 is 34.9 Å². The lowest BCUT2D eigenvalue weighted by Gasteiger charge is -2.33. The van der Waals surface area contributed by atoms with E-state index in [9.17, 15) is 40.7 Å². The van der Waals surface area contributed by atoms with Crippen molar-refractivity contribution in [2.75, 3.05) is 43.6 Å². The predicted molar refractivity (Wildman–Crippen MR) is 131 cm³/mol. The van der Waals surface area contributed by atoms with Gasteiger partial charge in [-0.05, 0) is 48.9 Å². The zero-order valence-corrected chi connectivity index (χ0v) is 21.1. The van der Waals surface area contributed by atoms with E-state index in [0.29, 0.717) is 29.9 Å². The summed E-state index contributed by atoms with van der Waals surface area (Å²) in [6.07, 6.45) is -9.54. The van der Waals surface area contributed by atoms with Crippen LogP contribution in [0.15, 0.2) is 30.3 Å². The number of alkyl halides is 6. The maximum atomic E-state index is 11.2. The molecule has 8 nitrogen and oxygen atoms in total. The lowest BCUT2D eigenvalue weighted by atomic mass is 9.89. The fourth-order valence-corrected chi connectivity index (χ4v) is 5.15. The molecule has 3 heterocycles. The van der Waals surface area contributed by atoms with Crippen molar-refractivity contribution in [3.8, 4) is 5.75 Å². The molecular formula is C26H25F6N3O5. The number of anilines is 3. The Hall–Kier alpha value is -3.65. The quantitative estimate of drug-likeness (QED) is 0.311. The number of halogens is 6. The molecule has 2 N–H and O–H groups in total. The summed E-state index contributed by atoms with van der Waals surface area (Å²) in [6, 6.07) is 10.5. The van der Waals surface area contributed by atoms with E-state index in [-0.39, 0.29) is 0 Å². The first-order valence-electron chi connectivity index (χ1n) is 12.2. The molecule has 3 aliphatic rings. The third-order valence-corrected chi connectivity index (χ3v) is 6.85. The van der Waals surface area contributed by atoms with Gasteiger partial charge in [-0.25, -0.2) is 0 Å². The zero-order valence-electron chi connectivity index (χ0n) is 21.1. The van der Waals surface area contributed by atoms with Gasteiger partial charge in [0.15, 0.2) is 0 Å². The minimum atomic E-state index is -5.77. The molecule has 0 bridgehead atoms. The number of Topliss-reactive ketones (excluding diaryl/α,β-unsaturated/α-hetero) is 2. The van der Waals surface area contributed by atoms with Crippen LogP contribution in [-0.2, 0) is 20.9 Å². The Morgan fingerprint density at radius 3 is 2.42 bits per heavy atom. The number of methoxy groups -OCH3 is 1. The molecule has 2 aromatic carbocycles. The molecule has 0 unspecified atom stereocenters. The Bertz CT molecular complexity index is 1270. The van der Waals surface area contributed by atoms with Gasteiger partial charge in [-0.1, -0.05) is 0 Å². The fraction of sp³-hybridized carbons (Fsp3) is 0.423. The van der Waals surface area contributed by atoms with E-state index in [1.165, 1.54) is 23.2 Å². The highest BCUT2D eigenvalue weighted by Crippen LogP contribution is 2.48. The van der Waals surface area contributed by atoms with Crippen LogP contribution in [0.5, 0.6) is 5.75 Å². The van der Waals surface area contributed by atoms with Gasteiger partial charge in [0.1, 0.15) is 12.0 Å². The molecule has 0 aliphatic carbocycles. The molecule has 0 amide bonds. The molecule has 14 heteroatoms. The van der Waals surface area contributed by atoms with Crippen LogP contribution in [0.3, 0.4) is 0 Å². The standard InChI is InChI=1S/C22H25N3O3.C4F6O2/c1-27-21-8-14(12-26)2-3-19(21)24-16-9-15-13-28-7-6-25-20-4-5-23-11-18(20)17(10-16)22(15)25;5-3(6,7)1(11)2(12)4(8,9)10/h2-3,8-10,12,18,20,23-24H,4-7,11,13H2,1H3;/t18-,20-;/m0./s1. The number of nitrogens with one attached hydrogen (secondary N) is 2. The van der Waals surface area contributed by atoms with E-state index in [2.05, 4.69) is 27.7 Å². The van der Waals surface area contributed by atoms with Crippen LogP contribution in [0.1, 0.15) is 33.8 Å². The number of ether oxygens (including phenoxy) is 2. The number of hydrogen-bond acceptors (Lipinski definition) is 8. The van der Waals surface area contributed by atoms with Crippen LogP contribution in [-0.4, -0.2) is 69.6 Å². The van der Waals surface area contributed by atoms with Crippen LogP contribution in [0.2, 0.25) is 0 Å². The Morgan fingerprint density at radius 2 is 1.80 bits per heavy atom. The van der Waals surface area contributed by atoms with Gasteiger partial charge in [0.25, 0.3) is 0 Å². The normalized spacial score (nSPS) is 19.8. The third-order valence-electron chi connectivity index (χ3n) is 6.85. The number of hydrogen-bond donors (Lipinski definition) is 2. The number of rotatable bonds is 5. The maximum absolute atomic E-state index is 11.2. The summed E-state index contributed by atoms with van der Waals surface area (Å²) in [7, 11) is 1.62. The van der Waals surface area contributed by atoms with Crippen molar-refractivity contribution < 1.29 is 50.2 Å². The lowest BCUT2D eigenvalue weighted by Crippen LogP contribution is -2.44. The van der Waals surface area contributed by atoms with E-state index in [1.54, 1.807) is 19.2 Å². The number of ketones is 2. The number of carbonyl (C=O) groups excluding carboxylic acids is 3. The van der Waals surface area contributed by atoms with E-state index in [0.717, 1.165) is 43.9 Å². The summed E-state index contributed by atoms with van der Waals surface area (Å²) in [5.41, 5.74) is 6.51. The molecule has 5 rings (SSSR count). The van der Waals surface area contributed by atoms with Gasteiger partial charge in [0.2, 0.25) is 0 Å². The summed E-state index contributed by atoms with van der Waals surface area (Å²) in [6.45, 7) is 4.48. The van der Waals surface area contributed by atoms with Gasteiger partial charge in [0.05, 0.1) is 26.0 Å². The molecule has 0 saturated carbocycles. The number of piperidine rings is 1. The summed E-state index contributed by atoms with van der Waals surface area (Å²) in [5.74, 6) is -5.64. The second-order valence-electron chi connectivity index (χ2n) is 9.34. The minimum Gasteiger partial charge on any atom is -0.495 e. The average molecular weight is 573 g/mol. The molecular weight excluding hydrogens is 548 g/mol. The molecule has 1 saturated heterocycles. The van der Waals surface area contributed by atoms with Crippen LogP contribution in [0.25, 0.3) is 0 Å². The first-order valence-corrected chi connectivity index (χ1v) is 12.2. The Balaban J connectivity index is 0.000000263. The predicted octanol–water partition coefficient (Wildman–Crippen LogP) is 4.30. The summed E-state index contributed by atoms with van der Waals surface area (Å²) in [5, 5.41) is 7.06. The van der Waals surface area contributed by atoms with Crippen LogP contribution < -0.4 is 20.3 Å². The summed E-state index contributed by atoms with van der Waals surface area (Å²) in [4.78, 5) is 32.9. The molecule has 2 atom stereocenters. The molecule has 0 spiro atoms. The Kier molecular flexibility index (Phi) is 8.40. The van der Waals surface area contributed by atoms with Crippen LogP contribution >= 0.6 is 0 Å². The second-order valence-corrected chi connectivity index (χ2v) is 9.34. The van der Waals surface area contributed by atoms with Gasteiger partial charge in [-0.15, -0.1) is 0 Å². The van der Waals surface area contributed by atoms with Crippen molar-refractivity contribution in [2.24, 2.45) is 0 Å². The van der Waals surface area contributed by atoms with E-state index in [1.807, 2.05) is 6.07 Å². The Labute approximate surface area is 224 Å². The molecule has 40 heavy (non-hydrogen) atoms. The highest BCUT2D eigenvalue weighted by Gasteiger charge is 2.54. The first-order chi connectivity index (χ1) is 18.8. The molecule has 216 valence electrons. The van der Waals surface area contributed by atoms with Gasteiger partial charge >= 0.3 is 23.9 Å². The van der Waals surface area contributed by atoms with E-state index < -0.39 is 23.9 Å². The van der Waals surface area contributed by atoms with Crippen molar-refractivity contribution in [1.29, 1.82) is 0 Å². The van der Waals surface area contributed by atoms with Gasteiger partial charge in [-0.3, -0.25) is 14.4 Å². The molecule has 2 aromatic rings. The molecule has 0 radical (unpaired) electrons. The number of fused-ring (bicyclic) bond motifs is 3. The van der Waals surface area contributed by atoms with Gasteiger partial charge in [0, 0.05) is 47.6 Å². The monoisotopic (exact) mass is 573 g/mol. The summed E-state index contributed by atoms with van der Waals surface area (Å²) < 4.78 is 78.3. The largest absolute Gasteiger partial charge is 0.495 e. The fourth-order valence-electron chi connectivity index (χ4n) is 5.15. The van der Waals surface area contributed by atoms with Crippen LogP contribution in [0.4, 0.5) is 43.4 Å². The zero-order chi connectivity index (χ0) is 29.2. The average Bonchev–Trinajstić information content (AvgIpc) is 3.07. The van der Waals surface area contributed by atoms with Gasteiger partial charge < -0.3 is 25.0 Å². The second kappa shape index (κ2) is 11.5.